The van der Waals surface area contributed by atoms with Gasteiger partial charge in [0.2, 0.25) is 0 Å². The molecule has 0 fully saturated rings. The molecule has 0 saturated heterocycles. The highest BCUT2D eigenvalue weighted by atomic mass is 16.5. The molecule has 0 aliphatic rings. The van der Waals surface area contributed by atoms with E-state index in [1.54, 1.807) is 6.92 Å². The minimum absolute atomic E-state index is 0.0863. The van der Waals surface area contributed by atoms with Crippen LogP contribution in [0.1, 0.15) is 45.2 Å². The smallest absolute Gasteiger partial charge is 0.160 e. The van der Waals surface area contributed by atoms with Crippen molar-refractivity contribution >= 4 is 16.9 Å². The Bertz CT molecular complexity index is 680. The highest BCUT2D eigenvalue weighted by Crippen LogP contribution is 2.30. The molecule has 2 aromatic rings. The summed E-state index contributed by atoms with van der Waals surface area (Å²) in [5.74, 6) is 0.910. The zero-order chi connectivity index (χ0) is 16.8. The van der Waals surface area contributed by atoms with Gasteiger partial charge in [-0.2, -0.15) is 0 Å². The maximum absolute atomic E-state index is 12.3. The van der Waals surface area contributed by atoms with E-state index in [0.717, 1.165) is 34.4 Å². The second-order valence-corrected chi connectivity index (χ2v) is 5.82. The van der Waals surface area contributed by atoms with Crippen LogP contribution in [-0.2, 0) is 4.79 Å². The van der Waals surface area contributed by atoms with Crippen LogP contribution >= 0.6 is 0 Å². The molecule has 0 N–H and O–H groups in total. The fourth-order valence-electron chi connectivity index (χ4n) is 2.73. The average Bonchev–Trinajstić information content (AvgIpc) is 2.53. The van der Waals surface area contributed by atoms with Crippen LogP contribution in [0.4, 0.5) is 0 Å². The number of Topliss-reactive ketones (excluding diaryl/α,β-unsaturated/α-hetero) is 1. The van der Waals surface area contributed by atoms with Crippen molar-refractivity contribution in [3.63, 3.8) is 0 Å². The molecule has 0 saturated carbocycles. The van der Waals surface area contributed by atoms with Gasteiger partial charge in [0.15, 0.2) is 5.78 Å². The van der Waals surface area contributed by atoms with Gasteiger partial charge in [-0.05, 0) is 56.0 Å². The van der Waals surface area contributed by atoms with E-state index >= 15 is 0 Å². The monoisotopic (exact) mass is 308 g/mol. The Morgan fingerprint density at radius 2 is 1.57 bits per heavy atom. The molecule has 0 aliphatic heterocycles. The van der Waals surface area contributed by atoms with E-state index in [2.05, 4.69) is 19.1 Å². The number of hydrogen-bond acceptors (Lipinski definition) is 2. The van der Waals surface area contributed by atoms with Crippen molar-refractivity contribution in [2.75, 3.05) is 0 Å². The Balaban J connectivity index is 2.49. The SMILES string of the molecule is CC/C(=C(\C(C)=O)c1ccc(OC(C)C)cc1)c1ccccc1. The van der Waals surface area contributed by atoms with Gasteiger partial charge in [0, 0.05) is 5.57 Å². The van der Waals surface area contributed by atoms with E-state index in [4.69, 9.17) is 4.74 Å². The molecule has 0 atom stereocenters. The number of carbonyl (C=O) groups excluding carboxylic acids is 1. The third kappa shape index (κ3) is 4.32. The van der Waals surface area contributed by atoms with Crippen molar-refractivity contribution in [1.82, 2.24) is 0 Å². The molecule has 2 aromatic carbocycles. The van der Waals surface area contributed by atoms with Gasteiger partial charge in [-0.3, -0.25) is 4.79 Å². The van der Waals surface area contributed by atoms with Crippen molar-refractivity contribution in [2.45, 2.75) is 40.2 Å². The first-order chi connectivity index (χ1) is 11.0. The summed E-state index contributed by atoms with van der Waals surface area (Å²) in [4.78, 5) is 12.3. The molecule has 0 bridgehead atoms. The fraction of sp³-hybridized carbons (Fsp3) is 0.286. The van der Waals surface area contributed by atoms with Gasteiger partial charge in [-0.25, -0.2) is 0 Å². The second kappa shape index (κ2) is 7.77. The predicted molar refractivity (Wildman–Crippen MR) is 96.4 cm³/mol. The van der Waals surface area contributed by atoms with E-state index in [0.29, 0.717) is 0 Å². The molecule has 0 spiro atoms. The fourth-order valence-corrected chi connectivity index (χ4v) is 2.73. The predicted octanol–water partition coefficient (Wildman–Crippen LogP) is 5.38. The Kier molecular flexibility index (Phi) is 5.75. The highest BCUT2D eigenvalue weighted by molar-refractivity contribution is 6.27. The van der Waals surface area contributed by atoms with Crippen LogP contribution in [0, 0.1) is 0 Å². The Labute approximate surface area is 138 Å². The maximum atomic E-state index is 12.3. The summed E-state index contributed by atoms with van der Waals surface area (Å²) in [6.45, 7) is 7.72. The van der Waals surface area contributed by atoms with Gasteiger partial charge in [-0.15, -0.1) is 0 Å². The van der Waals surface area contributed by atoms with Crippen LogP contribution in [0.2, 0.25) is 0 Å². The summed E-state index contributed by atoms with van der Waals surface area (Å²) in [5.41, 5.74) is 3.91. The lowest BCUT2D eigenvalue weighted by Crippen LogP contribution is -2.06. The van der Waals surface area contributed by atoms with Crippen LogP contribution in [0.25, 0.3) is 11.1 Å². The lowest BCUT2D eigenvalue weighted by atomic mass is 9.91. The van der Waals surface area contributed by atoms with Crippen LogP contribution in [0.3, 0.4) is 0 Å². The average molecular weight is 308 g/mol. The molecule has 0 heterocycles. The summed E-state index contributed by atoms with van der Waals surface area (Å²) in [7, 11) is 0. The molecule has 23 heavy (non-hydrogen) atoms. The number of ether oxygens (including phenoxy) is 1. The molecule has 0 aromatic heterocycles. The van der Waals surface area contributed by atoms with E-state index in [-0.39, 0.29) is 11.9 Å². The Morgan fingerprint density at radius 1 is 0.957 bits per heavy atom. The van der Waals surface area contributed by atoms with Crippen molar-refractivity contribution in [3.05, 3.63) is 65.7 Å². The van der Waals surface area contributed by atoms with Crippen LogP contribution in [-0.4, -0.2) is 11.9 Å². The third-order valence-electron chi connectivity index (χ3n) is 3.64. The largest absolute Gasteiger partial charge is 0.491 e. The molecule has 0 unspecified atom stereocenters. The van der Waals surface area contributed by atoms with Gasteiger partial charge < -0.3 is 4.74 Å². The number of rotatable bonds is 6. The van der Waals surface area contributed by atoms with Gasteiger partial charge in [0.05, 0.1) is 6.10 Å². The maximum Gasteiger partial charge on any atom is 0.160 e. The van der Waals surface area contributed by atoms with Crippen molar-refractivity contribution in [3.8, 4) is 5.75 Å². The van der Waals surface area contributed by atoms with Crippen molar-refractivity contribution in [1.29, 1.82) is 0 Å². The molecule has 2 rings (SSSR count). The summed E-state index contributed by atoms with van der Waals surface area (Å²) in [6, 6.07) is 17.9. The Morgan fingerprint density at radius 3 is 2.04 bits per heavy atom. The molecule has 0 amide bonds. The lowest BCUT2D eigenvalue weighted by Gasteiger charge is -2.14. The molecule has 120 valence electrons. The van der Waals surface area contributed by atoms with Gasteiger partial charge in [-0.1, -0.05) is 49.4 Å². The number of allylic oxidation sites excluding steroid dienone is 2. The second-order valence-electron chi connectivity index (χ2n) is 5.82. The lowest BCUT2D eigenvalue weighted by molar-refractivity contribution is -0.111. The van der Waals surface area contributed by atoms with Gasteiger partial charge in [0.1, 0.15) is 5.75 Å². The minimum atomic E-state index is 0.0863. The van der Waals surface area contributed by atoms with E-state index in [1.807, 2.05) is 56.3 Å². The molecule has 2 nitrogen and oxygen atoms in total. The number of carbonyl (C=O) groups is 1. The first-order valence-corrected chi connectivity index (χ1v) is 8.09. The molecule has 0 radical (unpaired) electrons. The zero-order valence-electron chi connectivity index (χ0n) is 14.3. The van der Waals surface area contributed by atoms with Crippen LogP contribution in [0.5, 0.6) is 5.75 Å². The highest BCUT2D eigenvalue weighted by Gasteiger charge is 2.14. The van der Waals surface area contributed by atoms with Crippen LogP contribution in [0.15, 0.2) is 54.6 Å². The third-order valence-corrected chi connectivity index (χ3v) is 3.64. The van der Waals surface area contributed by atoms with Gasteiger partial charge in [0.25, 0.3) is 0 Å². The van der Waals surface area contributed by atoms with Crippen molar-refractivity contribution in [2.24, 2.45) is 0 Å². The quantitative estimate of drug-likeness (QED) is 0.529. The standard InChI is InChI=1S/C21H24O2/c1-5-20(17-9-7-6-8-10-17)21(16(4)22)18-11-13-19(14-12-18)23-15(2)3/h6-15H,5H2,1-4H3/b21-20-. The van der Waals surface area contributed by atoms with Crippen molar-refractivity contribution < 1.29 is 9.53 Å². The molecular weight excluding hydrogens is 284 g/mol. The van der Waals surface area contributed by atoms with Gasteiger partial charge >= 0.3 is 0 Å². The first-order valence-electron chi connectivity index (χ1n) is 8.09. The summed E-state index contributed by atoms with van der Waals surface area (Å²) < 4.78 is 5.68. The number of hydrogen-bond donors (Lipinski definition) is 0. The summed E-state index contributed by atoms with van der Waals surface area (Å²) >= 11 is 0. The molecule has 0 aliphatic carbocycles. The summed E-state index contributed by atoms with van der Waals surface area (Å²) in [5, 5.41) is 0. The zero-order valence-corrected chi connectivity index (χ0v) is 14.3. The van der Waals surface area contributed by atoms with E-state index in [9.17, 15) is 4.79 Å². The first kappa shape index (κ1) is 17.0. The minimum Gasteiger partial charge on any atom is -0.491 e. The van der Waals surface area contributed by atoms with E-state index < -0.39 is 0 Å². The normalized spacial score (nSPS) is 12.0. The summed E-state index contributed by atoms with van der Waals surface area (Å²) in [6.07, 6.45) is 0.947. The molecular formula is C21H24O2. The Hall–Kier alpha value is -2.35. The number of benzene rings is 2. The number of ketones is 1. The van der Waals surface area contributed by atoms with E-state index in [1.165, 1.54) is 0 Å². The molecule has 2 heteroatoms. The topological polar surface area (TPSA) is 26.3 Å². The van der Waals surface area contributed by atoms with Crippen LogP contribution < -0.4 is 4.74 Å².